The Morgan fingerprint density at radius 2 is 1.86 bits per heavy atom. The van der Waals surface area contributed by atoms with E-state index in [9.17, 15) is 14.4 Å². The van der Waals surface area contributed by atoms with Gasteiger partial charge in [0.25, 0.3) is 5.91 Å². The second-order valence-electron chi connectivity index (χ2n) is 10.3. The van der Waals surface area contributed by atoms with Gasteiger partial charge in [-0.2, -0.15) is 0 Å². The predicted octanol–water partition coefficient (Wildman–Crippen LogP) is 2.74. The van der Waals surface area contributed by atoms with E-state index in [2.05, 4.69) is 21.3 Å². The number of ether oxygens (including phenoxy) is 1. The van der Waals surface area contributed by atoms with E-state index in [-0.39, 0.29) is 36.0 Å². The highest BCUT2D eigenvalue weighted by molar-refractivity contribution is 5.99. The number of piperidine rings is 1. The molecule has 3 rings (SSSR count). The largest absolute Gasteiger partial charge is 0.385 e. The first kappa shape index (κ1) is 27.1. The molecule has 0 aromatic heterocycles. The van der Waals surface area contributed by atoms with Crippen LogP contribution < -0.4 is 21.3 Å². The average Bonchev–Trinajstić information content (AvgIpc) is 2.85. The third-order valence-electron chi connectivity index (χ3n) is 6.88. The molecule has 1 aromatic rings. The van der Waals surface area contributed by atoms with Gasteiger partial charge in [0.15, 0.2) is 5.78 Å². The maximum Gasteiger partial charge on any atom is 0.251 e. The fraction of sp³-hybridized carbons (Fsp3) is 0.667. The molecule has 4 N–H and O–H groups in total. The number of hydrogen-bond acceptors (Lipinski definition) is 6. The smallest absolute Gasteiger partial charge is 0.251 e. The van der Waals surface area contributed by atoms with Crippen LogP contribution in [-0.4, -0.2) is 62.5 Å². The van der Waals surface area contributed by atoms with Crippen LogP contribution in [0.3, 0.4) is 0 Å². The zero-order valence-electron chi connectivity index (χ0n) is 21.4. The van der Waals surface area contributed by atoms with Crippen LogP contribution in [-0.2, 0) is 14.3 Å². The average molecular weight is 487 g/mol. The van der Waals surface area contributed by atoms with Gasteiger partial charge in [-0.1, -0.05) is 27.2 Å². The maximum absolute atomic E-state index is 13.2. The normalized spacial score (nSPS) is 22.0. The molecule has 0 saturated carbocycles. The molecule has 2 saturated heterocycles. The Morgan fingerprint density at radius 1 is 1.14 bits per heavy atom. The van der Waals surface area contributed by atoms with Crippen molar-refractivity contribution in [2.45, 2.75) is 65.0 Å². The van der Waals surface area contributed by atoms with Crippen molar-refractivity contribution in [3.8, 4) is 0 Å². The summed E-state index contributed by atoms with van der Waals surface area (Å²) in [6, 6.07) is 6.10. The maximum atomic E-state index is 13.2. The number of hydrogen-bond donors (Lipinski definition) is 4. The molecule has 2 aliphatic rings. The minimum absolute atomic E-state index is 0.0182. The zero-order valence-corrected chi connectivity index (χ0v) is 21.4. The van der Waals surface area contributed by atoms with E-state index in [1.54, 1.807) is 12.1 Å². The van der Waals surface area contributed by atoms with Gasteiger partial charge < -0.3 is 26.0 Å². The van der Waals surface area contributed by atoms with Gasteiger partial charge in [0.1, 0.15) is 12.6 Å². The fourth-order valence-electron chi connectivity index (χ4n) is 4.86. The van der Waals surface area contributed by atoms with Crippen LogP contribution in [0, 0.1) is 17.8 Å². The van der Waals surface area contributed by atoms with Crippen LogP contribution in [0.15, 0.2) is 24.3 Å². The lowest BCUT2D eigenvalue weighted by Gasteiger charge is -2.32. The van der Waals surface area contributed by atoms with Crippen molar-refractivity contribution in [3.63, 3.8) is 0 Å². The van der Waals surface area contributed by atoms with Gasteiger partial charge in [-0.05, 0) is 74.9 Å². The summed E-state index contributed by atoms with van der Waals surface area (Å²) >= 11 is 0. The van der Waals surface area contributed by atoms with E-state index in [0.717, 1.165) is 38.2 Å². The standard InChI is InChI=1S/C27H42N4O4/c1-4-5-21-16-35-17-24(32)25(21)31-27(34)23(14-18(2)3)30-26(33)20-6-8-22(9-7-20)29-15-19-10-12-28-13-11-19/h6-9,18-19,21,23,25,28-29H,4-5,10-17H2,1-3H3,(H,30,33)(H,31,34)/t21?,23-,25?/m0/s1. The summed E-state index contributed by atoms with van der Waals surface area (Å²) in [5, 5.41) is 12.7. The summed E-state index contributed by atoms with van der Waals surface area (Å²) in [6.07, 6.45) is 4.54. The monoisotopic (exact) mass is 486 g/mol. The lowest BCUT2D eigenvalue weighted by Crippen LogP contribution is -2.57. The molecule has 35 heavy (non-hydrogen) atoms. The van der Waals surface area contributed by atoms with Gasteiger partial charge in [-0.3, -0.25) is 14.4 Å². The molecule has 194 valence electrons. The van der Waals surface area contributed by atoms with Crippen molar-refractivity contribution in [2.24, 2.45) is 17.8 Å². The first-order chi connectivity index (χ1) is 16.9. The van der Waals surface area contributed by atoms with Crippen LogP contribution in [0.2, 0.25) is 0 Å². The second kappa shape index (κ2) is 13.6. The number of carbonyl (C=O) groups is 3. The first-order valence-corrected chi connectivity index (χ1v) is 13.1. The van der Waals surface area contributed by atoms with Crippen molar-refractivity contribution in [1.29, 1.82) is 0 Å². The first-order valence-electron chi connectivity index (χ1n) is 13.1. The Balaban J connectivity index is 1.59. The molecule has 1 aromatic carbocycles. The molecule has 0 spiro atoms. The van der Waals surface area contributed by atoms with E-state index in [1.807, 2.05) is 32.9 Å². The van der Waals surface area contributed by atoms with Crippen LogP contribution in [0.4, 0.5) is 5.69 Å². The van der Waals surface area contributed by atoms with E-state index in [0.29, 0.717) is 24.5 Å². The van der Waals surface area contributed by atoms with Crippen LogP contribution in [0.1, 0.15) is 63.2 Å². The molecule has 0 aliphatic carbocycles. The van der Waals surface area contributed by atoms with Gasteiger partial charge in [0.2, 0.25) is 5.91 Å². The summed E-state index contributed by atoms with van der Waals surface area (Å²) in [5.41, 5.74) is 1.49. The van der Waals surface area contributed by atoms with Crippen molar-refractivity contribution in [2.75, 3.05) is 38.2 Å². The number of amides is 2. The van der Waals surface area contributed by atoms with Gasteiger partial charge in [0, 0.05) is 23.7 Å². The molecular formula is C27H42N4O4. The Kier molecular flexibility index (Phi) is 10.5. The number of nitrogens with one attached hydrogen (secondary N) is 4. The second-order valence-corrected chi connectivity index (χ2v) is 10.3. The highest BCUT2D eigenvalue weighted by Crippen LogP contribution is 2.19. The van der Waals surface area contributed by atoms with Crippen LogP contribution in [0.25, 0.3) is 0 Å². The Morgan fingerprint density at radius 3 is 2.51 bits per heavy atom. The SMILES string of the molecule is CCCC1COCC(=O)C1NC(=O)[C@H](CC(C)C)NC(=O)c1ccc(NCC2CCNCC2)cc1. The van der Waals surface area contributed by atoms with Gasteiger partial charge in [-0.15, -0.1) is 0 Å². The van der Waals surface area contributed by atoms with Crippen molar-refractivity contribution < 1.29 is 19.1 Å². The summed E-state index contributed by atoms with van der Waals surface area (Å²) in [6.45, 7) is 9.61. The highest BCUT2D eigenvalue weighted by Gasteiger charge is 2.35. The topological polar surface area (TPSA) is 109 Å². The number of ketones is 1. The molecule has 2 aliphatic heterocycles. The molecule has 8 heteroatoms. The third kappa shape index (κ3) is 8.32. The van der Waals surface area contributed by atoms with Crippen LogP contribution in [0.5, 0.6) is 0 Å². The van der Waals surface area contributed by atoms with Crippen molar-refractivity contribution in [3.05, 3.63) is 29.8 Å². The number of benzene rings is 1. The Labute approximate surface area is 209 Å². The summed E-state index contributed by atoms with van der Waals surface area (Å²) in [7, 11) is 0. The van der Waals surface area contributed by atoms with Gasteiger partial charge in [-0.25, -0.2) is 0 Å². The van der Waals surface area contributed by atoms with E-state index >= 15 is 0 Å². The lowest BCUT2D eigenvalue weighted by atomic mass is 9.90. The number of Topliss-reactive ketones (excluding diaryl/α,β-unsaturated/α-hetero) is 1. The van der Waals surface area contributed by atoms with Gasteiger partial charge >= 0.3 is 0 Å². The summed E-state index contributed by atoms with van der Waals surface area (Å²) in [5.74, 6) is 0.113. The molecule has 0 bridgehead atoms. The van der Waals surface area contributed by atoms with E-state index < -0.39 is 12.1 Å². The zero-order chi connectivity index (χ0) is 25.2. The molecule has 3 atom stereocenters. The van der Waals surface area contributed by atoms with E-state index in [4.69, 9.17) is 4.74 Å². The molecule has 8 nitrogen and oxygen atoms in total. The number of rotatable bonds is 11. The Hall–Kier alpha value is -2.45. The molecule has 2 heterocycles. The highest BCUT2D eigenvalue weighted by atomic mass is 16.5. The quantitative estimate of drug-likeness (QED) is 0.383. The van der Waals surface area contributed by atoms with E-state index in [1.165, 1.54) is 12.8 Å². The molecule has 0 radical (unpaired) electrons. The Bertz CT molecular complexity index is 834. The molecular weight excluding hydrogens is 444 g/mol. The fourth-order valence-corrected chi connectivity index (χ4v) is 4.86. The summed E-state index contributed by atoms with van der Waals surface area (Å²) in [4.78, 5) is 38.6. The summed E-state index contributed by atoms with van der Waals surface area (Å²) < 4.78 is 5.39. The minimum atomic E-state index is -0.710. The minimum Gasteiger partial charge on any atom is -0.385 e. The number of carbonyl (C=O) groups excluding carboxylic acids is 3. The van der Waals surface area contributed by atoms with Crippen LogP contribution >= 0.6 is 0 Å². The lowest BCUT2D eigenvalue weighted by molar-refractivity contribution is -0.138. The van der Waals surface area contributed by atoms with Gasteiger partial charge in [0.05, 0.1) is 12.6 Å². The molecule has 2 unspecified atom stereocenters. The number of anilines is 1. The molecule has 2 amide bonds. The predicted molar refractivity (Wildman–Crippen MR) is 137 cm³/mol. The third-order valence-corrected chi connectivity index (χ3v) is 6.88. The van der Waals surface area contributed by atoms with Crippen molar-refractivity contribution >= 4 is 23.3 Å². The van der Waals surface area contributed by atoms with Crippen molar-refractivity contribution in [1.82, 2.24) is 16.0 Å². The molecule has 2 fully saturated rings.